The van der Waals surface area contributed by atoms with Crippen LogP contribution < -0.4 is 0 Å². The third-order valence-corrected chi connectivity index (χ3v) is 5.79. The summed E-state index contributed by atoms with van der Waals surface area (Å²) in [5.74, 6) is 0.271. The molecule has 0 N–H and O–H groups in total. The average molecular weight is 322 g/mol. The Hall–Kier alpha value is -1.30. The van der Waals surface area contributed by atoms with E-state index < -0.39 is 0 Å². The molecule has 0 aromatic heterocycles. The third-order valence-electron chi connectivity index (χ3n) is 5.79. The molecule has 6 heteroatoms. The number of urea groups is 1. The first-order chi connectivity index (χ1) is 10.9. The summed E-state index contributed by atoms with van der Waals surface area (Å²) in [4.78, 5) is 33.8. The first-order valence-corrected chi connectivity index (χ1v) is 8.96. The van der Waals surface area contributed by atoms with Crippen molar-refractivity contribution in [3.8, 4) is 0 Å². The maximum Gasteiger partial charge on any atom is 0.320 e. The molecule has 0 aromatic rings. The maximum absolute atomic E-state index is 12.9. The first-order valence-electron chi connectivity index (χ1n) is 8.96. The predicted molar refractivity (Wildman–Crippen MR) is 89.2 cm³/mol. The van der Waals surface area contributed by atoms with Crippen LogP contribution >= 0.6 is 0 Å². The van der Waals surface area contributed by atoms with Crippen molar-refractivity contribution < 1.29 is 9.59 Å². The van der Waals surface area contributed by atoms with Crippen molar-refractivity contribution in [2.75, 3.05) is 52.9 Å². The maximum atomic E-state index is 12.9. The van der Waals surface area contributed by atoms with Crippen molar-refractivity contribution in [1.29, 1.82) is 0 Å². The van der Waals surface area contributed by atoms with Gasteiger partial charge in [-0.15, -0.1) is 0 Å². The van der Waals surface area contributed by atoms with Crippen LogP contribution in [-0.4, -0.2) is 90.4 Å². The molecule has 23 heavy (non-hydrogen) atoms. The molecule has 0 aliphatic carbocycles. The van der Waals surface area contributed by atoms with E-state index in [1.54, 1.807) is 0 Å². The second kappa shape index (κ2) is 6.30. The summed E-state index contributed by atoms with van der Waals surface area (Å²) in [6.45, 7) is 9.83. The van der Waals surface area contributed by atoms with Crippen LogP contribution in [0.15, 0.2) is 0 Å². The summed E-state index contributed by atoms with van der Waals surface area (Å²) < 4.78 is 0. The third kappa shape index (κ3) is 3.05. The summed E-state index contributed by atoms with van der Waals surface area (Å²) in [5.41, 5.74) is -0.315. The minimum atomic E-state index is -0.315. The Morgan fingerprint density at radius 3 is 2.35 bits per heavy atom. The smallest absolute Gasteiger partial charge is 0.320 e. The summed E-state index contributed by atoms with van der Waals surface area (Å²) in [6.07, 6.45) is 2.82. The molecule has 3 saturated heterocycles. The van der Waals surface area contributed by atoms with Crippen molar-refractivity contribution in [1.82, 2.24) is 19.6 Å². The van der Waals surface area contributed by atoms with Gasteiger partial charge in [-0.2, -0.15) is 0 Å². The van der Waals surface area contributed by atoms with E-state index in [2.05, 4.69) is 25.8 Å². The Morgan fingerprint density at radius 2 is 1.70 bits per heavy atom. The lowest BCUT2D eigenvalue weighted by molar-refractivity contribution is -0.147. The monoisotopic (exact) mass is 322 g/mol. The highest BCUT2D eigenvalue weighted by atomic mass is 16.2. The summed E-state index contributed by atoms with van der Waals surface area (Å²) in [6, 6.07) is 0.381. The molecule has 3 aliphatic rings. The summed E-state index contributed by atoms with van der Waals surface area (Å²) >= 11 is 0. The topological polar surface area (TPSA) is 47.1 Å². The van der Waals surface area contributed by atoms with Gasteiger partial charge in [0, 0.05) is 51.9 Å². The number of carbonyl (C=O) groups is 2. The van der Waals surface area contributed by atoms with Gasteiger partial charge in [0.15, 0.2) is 0 Å². The van der Waals surface area contributed by atoms with E-state index in [1.807, 2.05) is 14.7 Å². The molecule has 0 saturated carbocycles. The van der Waals surface area contributed by atoms with Gasteiger partial charge in [0.25, 0.3) is 0 Å². The van der Waals surface area contributed by atoms with Gasteiger partial charge in [0.2, 0.25) is 5.91 Å². The largest absolute Gasteiger partial charge is 0.340 e. The molecule has 0 bridgehead atoms. The lowest BCUT2D eigenvalue weighted by Gasteiger charge is -2.41. The fourth-order valence-corrected chi connectivity index (χ4v) is 4.21. The van der Waals surface area contributed by atoms with E-state index in [4.69, 9.17) is 0 Å². The lowest BCUT2D eigenvalue weighted by Crippen LogP contribution is -2.54. The zero-order valence-electron chi connectivity index (χ0n) is 14.8. The van der Waals surface area contributed by atoms with Crippen molar-refractivity contribution in [2.45, 2.75) is 39.2 Å². The van der Waals surface area contributed by atoms with Crippen LogP contribution in [-0.2, 0) is 4.79 Å². The van der Waals surface area contributed by atoms with Crippen LogP contribution in [0.3, 0.4) is 0 Å². The molecule has 3 rings (SSSR count). The second-order valence-electron chi connectivity index (χ2n) is 7.72. The summed E-state index contributed by atoms with van der Waals surface area (Å²) in [5, 5.41) is 0. The second-order valence-corrected chi connectivity index (χ2v) is 7.72. The van der Waals surface area contributed by atoms with Crippen LogP contribution in [0, 0.1) is 5.41 Å². The Bertz CT molecular complexity index is 473. The predicted octanol–water partition coefficient (Wildman–Crippen LogP) is 1.08. The molecule has 130 valence electrons. The van der Waals surface area contributed by atoms with E-state index in [0.717, 1.165) is 58.5 Å². The van der Waals surface area contributed by atoms with E-state index >= 15 is 0 Å². The van der Waals surface area contributed by atoms with Crippen LogP contribution in [0.2, 0.25) is 0 Å². The van der Waals surface area contributed by atoms with E-state index in [9.17, 15) is 9.59 Å². The van der Waals surface area contributed by atoms with Crippen molar-refractivity contribution in [3.05, 3.63) is 0 Å². The number of hydrogen-bond acceptors (Lipinski definition) is 3. The number of likely N-dealkylation sites (N-methyl/N-ethyl adjacent to an activating group) is 1. The summed E-state index contributed by atoms with van der Waals surface area (Å²) in [7, 11) is 2.09. The molecule has 0 aromatic carbocycles. The molecule has 3 fully saturated rings. The van der Waals surface area contributed by atoms with Crippen molar-refractivity contribution >= 4 is 11.9 Å². The Morgan fingerprint density at radius 1 is 1.00 bits per heavy atom. The lowest BCUT2D eigenvalue weighted by atomic mass is 9.78. The quantitative estimate of drug-likeness (QED) is 0.726. The van der Waals surface area contributed by atoms with E-state index in [1.165, 1.54) is 0 Å². The number of likely N-dealkylation sites (tertiary alicyclic amines) is 2. The Kier molecular flexibility index (Phi) is 4.54. The first kappa shape index (κ1) is 16.6. The molecule has 6 nitrogen and oxygen atoms in total. The number of piperazine rings is 1. The number of carbonyl (C=O) groups excluding carboxylic acids is 2. The van der Waals surface area contributed by atoms with Gasteiger partial charge in [-0.25, -0.2) is 4.79 Å². The highest BCUT2D eigenvalue weighted by Crippen LogP contribution is 2.40. The van der Waals surface area contributed by atoms with Crippen molar-refractivity contribution in [3.63, 3.8) is 0 Å². The van der Waals surface area contributed by atoms with E-state index in [0.29, 0.717) is 6.54 Å². The SMILES string of the molecule is CC(C)N1CCC[C@]2(CCN(C(=O)N3CCN(C)CC3)C2)C1=O. The zero-order chi connectivity index (χ0) is 16.6. The fraction of sp³-hybridized carbons (Fsp3) is 0.882. The van der Waals surface area contributed by atoms with Crippen LogP contribution in [0.4, 0.5) is 4.79 Å². The number of hydrogen-bond donors (Lipinski definition) is 0. The number of amides is 3. The van der Waals surface area contributed by atoms with Gasteiger partial charge in [0.1, 0.15) is 0 Å². The highest BCUT2D eigenvalue weighted by Gasteiger charge is 2.50. The van der Waals surface area contributed by atoms with Gasteiger partial charge in [-0.1, -0.05) is 0 Å². The highest BCUT2D eigenvalue weighted by molar-refractivity contribution is 5.86. The van der Waals surface area contributed by atoms with Crippen LogP contribution in [0.25, 0.3) is 0 Å². The van der Waals surface area contributed by atoms with Gasteiger partial charge in [0.05, 0.1) is 5.41 Å². The van der Waals surface area contributed by atoms with Gasteiger partial charge in [-0.05, 0) is 40.2 Å². The molecular weight excluding hydrogens is 292 g/mol. The van der Waals surface area contributed by atoms with E-state index in [-0.39, 0.29) is 23.4 Å². The molecular formula is C17H30N4O2. The van der Waals surface area contributed by atoms with Gasteiger partial charge >= 0.3 is 6.03 Å². The normalized spacial score (nSPS) is 29.9. The zero-order valence-corrected chi connectivity index (χ0v) is 14.8. The van der Waals surface area contributed by atoms with Crippen molar-refractivity contribution in [2.24, 2.45) is 5.41 Å². The van der Waals surface area contributed by atoms with Gasteiger partial charge in [-0.3, -0.25) is 4.79 Å². The minimum absolute atomic E-state index is 0.129. The molecule has 0 radical (unpaired) electrons. The fourth-order valence-electron chi connectivity index (χ4n) is 4.21. The Balaban J connectivity index is 1.65. The number of rotatable bonds is 1. The molecule has 3 heterocycles. The molecule has 3 amide bonds. The van der Waals surface area contributed by atoms with Crippen LogP contribution in [0.5, 0.6) is 0 Å². The molecule has 1 atom stereocenters. The average Bonchev–Trinajstić information content (AvgIpc) is 2.95. The standard InChI is InChI=1S/C17H30N4O2/c1-14(2)21-7-4-5-17(15(21)22)6-8-20(13-17)16(23)19-11-9-18(3)10-12-19/h14H,4-13H2,1-3H3/t17-/m1/s1. The minimum Gasteiger partial charge on any atom is -0.340 e. The molecule has 0 unspecified atom stereocenters. The van der Waals surface area contributed by atoms with Crippen LogP contribution in [0.1, 0.15) is 33.1 Å². The number of piperidine rings is 1. The number of nitrogens with zero attached hydrogens (tertiary/aromatic N) is 4. The molecule has 1 spiro atoms. The Labute approximate surface area is 139 Å². The van der Waals surface area contributed by atoms with Gasteiger partial charge < -0.3 is 19.6 Å². The molecule has 3 aliphatic heterocycles.